The van der Waals surface area contributed by atoms with Gasteiger partial charge >= 0.3 is 0 Å². The number of nitrogens with one attached hydrogen (secondary N) is 1. The summed E-state index contributed by atoms with van der Waals surface area (Å²) in [5.41, 5.74) is 1.43. The number of rotatable bonds is 3. The number of fused-ring (bicyclic) bond motifs is 1. The zero-order valence-corrected chi connectivity index (χ0v) is 12.8. The number of anilines is 2. The van der Waals surface area contributed by atoms with Crippen LogP contribution in [0.15, 0.2) is 27.5 Å². The van der Waals surface area contributed by atoms with E-state index in [9.17, 15) is 8.42 Å². The molecule has 0 fully saturated rings. The summed E-state index contributed by atoms with van der Waals surface area (Å²) in [7, 11) is 0.143. The van der Waals surface area contributed by atoms with Gasteiger partial charge in [-0.1, -0.05) is 18.7 Å². The number of nitrogens with zero attached hydrogens (tertiary/aromatic N) is 2. The minimum atomic E-state index is -3.60. The lowest BCUT2D eigenvalue weighted by Crippen LogP contribution is -2.20. The number of sulfonamides is 1. The molecule has 1 N–H and O–H groups in total. The van der Waals surface area contributed by atoms with E-state index in [-0.39, 0.29) is 4.90 Å². The molecule has 0 aromatic heterocycles. The van der Waals surface area contributed by atoms with Gasteiger partial charge in [0, 0.05) is 25.5 Å². The van der Waals surface area contributed by atoms with E-state index < -0.39 is 10.0 Å². The van der Waals surface area contributed by atoms with Crippen LogP contribution >= 0.6 is 11.8 Å². The lowest BCUT2D eigenvalue weighted by molar-refractivity contribution is 0.598. The smallest absolute Gasteiger partial charge is 0.286 e. The SMILES string of the molecule is CCCSC1=NS(=O)(=O)c2cc(N(C)C)ccc2N1. The molecule has 0 bridgehead atoms. The van der Waals surface area contributed by atoms with Crippen LogP contribution in [0.3, 0.4) is 0 Å². The van der Waals surface area contributed by atoms with Crippen LogP contribution in [0.25, 0.3) is 0 Å². The standard InChI is InChI=1S/C12H17N3O2S2/c1-4-7-18-12-13-10-6-5-9(15(2)3)8-11(10)19(16,17)14-12/h5-6,8H,4,7H2,1-3H3,(H,13,14). The number of thioether (sulfide) groups is 1. The van der Waals surface area contributed by atoms with Gasteiger partial charge in [-0.3, -0.25) is 0 Å². The van der Waals surface area contributed by atoms with Gasteiger partial charge in [-0.05, 0) is 24.6 Å². The second-order valence-corrected chi connectivity index (χ2v) is 7.08. The third kappa shape index (κ3) is 3.03. The highest BCUT2D eigenvalue weighted by Gasteiger charge is 2.25. The summed E-state index contributed by atoms with van der Waals surface area (Å²) in [4.78, 5) is 2.10. The molecule has 0 amide bonds. The summed E-state index contributed by atoms with van der Waals surface area (Å²) in [6, 6.07) is 5.31. The highest BCUT2D eigenvalue weighted by atomic mass is 32.2. The fourth-order valence-electron chi connectivity index (χ4n) is 1.66. The van der Waals surface area contributed by atoms with E-state index in [0.717, 1.165) is 17.9 Å². The number of hydrogen-bond donors (Lipinski definition) is 1. The van der Waals surface area contributed by atoms with Crippen molar-refractivity contribution in [1.29, 1.82) is 0 Å². The van der Waals surface area contributed by atoms with Gasteiger partial charge in [-0.15, -0.1) is 4.40 Å². The first-order valence-electron chi connectivity index (χ1n) is 6.00. The molecular weight excluding hydrogens is 282 g/mol. The van der Waals surface area contributed by atoms with Crippen molar-refractivity contribution in [2.45, 2.75) is 18.2 Å². The van der Waals surface area contributed by atoms with Crippen molar-refractivity contribution in [3.05, 3.63) is 18.2 Å². The monoisotopic (exact) mass is 299 g/mol. The minimum absolute atomic E-state index is 0.236. The Morgan fingerprint density at radius 2 is 2.11 bits per heavy atom. The molecule has 0 radical (unpaired) electrons. The quantitative estimate of drug-likeness (QED) is 0.928. The normalized spacial score (nSPS) is 16.3. The molecule has 1 aromatic rings. The summed E-state index contributed by atoms with van der Waals surface area (Å²) < 4.78 is 28.1. The largest absolute Gasteiger partial charge is 0.378 e. The average Bonchev–Trinajstić information content (AvgIpc) is 2.35. The zero-order chi connectivity index (χ0) is 14.0. The van der Waals surface area contributed by atoms with E-state index in [4.69, 9.17) is 0 Å². The van der Waals surface area contributed by atoms with Crippen LogP contribution in [0.4, 0.5) is 11.4 Å². The second-order valence-electron chi connectivity index (χ2n) is 4.42. The maximum atomic E-state index is 12.2. The van der Waals surface area contributed by atoms with E-state index >= 15 is 0 Å². The Kier molecular flexibility index (Phi) is 4.05. The molecule has 1 heterocycles. The first kappa shape index (κ1) is 14.2. The number of hydrogen-bond acceptors (Lipinski definition) is 5. The average molecular weight is 299 g/mol. The lowest BCUT2D eigenvalue weighted by atomic mass is 10.2. The van der Waals surface area contributed by atoms with E-state index in [1.165, 1.54) is 11.8 Å². The zero-order valence-electron chi connectivity index (χ0n) is 11.2. The Hall–Kier alpha value is -1.21. The van der Waals surface area contributed by atoms with Crippen LogP contribution in [0.5, 0.6) is 0 Å². The minimum Gasteiger partial charge on any atom is -0.378 e. The molecule has 5 nitrogen and oxygen atoms in total. The summed E-state index contributed by atoms with van der Waals surface area (Å²) in [6.07, 6.45) is 0.970. The molecule has 0 aliphatic carbocycles. The molecule has 1 aromatic carbocycles. The van der Waals surface area contributed by atoms with Crippen molar-refractivity contribution in [3.8, 4) is 0 Å². The third-order valence-corrected chi connectivity index (χ3v) is 5.16. The summed E-state index contributed by atoms with van der Waals surface area (Å²) in [6.45, 7) is 2.04. The molecular formula is C12H17N3O2S2. The van der Waals surface area contributed by atoms with Gasteiger partial charge in [0.05, 0.1) is 5.69 Å². The van der Waals surface area contributed by atoms with E-state index in [1.807, 2.05) is 32.0 Å². The van der Waals surface area contributed by atoms with Crippen molar-refractivity contribution in [2.75, 3.05) is 30.1 Å². The van der Waals surface area contributed by atoms with Crippen LogP contribution in [-0.4, -0.2) is 33.4 Å². The van der Waals surface area contributed by atoms with Gasteiger partial charge in [0.1, 0.15) is 4.90 Å². The van der Waals surface area contributed by atoms with Crippen molar-refractivity contribution < 1.29 is 8.42 Å². The Morgan fingerprint density at radius 1 is 1.37 bits per heavy atom. The molecule has 0 spiro atoms. The predicted octanol–water partition coefficient (Wildman–Crippen LogP) is 2.37. The van der Waals surface area contributed by atoms with Gasteiger partial charge in [0.2, 0.25) is 0 Å². The van der Waals surface area contributed by atoms with Crippen LogP contribution in [0.1, 0.15) is 13.3 Å². The first-order valence-corrected chi connectivity index (χ1v) is 8.43. The Bertz CT molecular complexity index is 609. The van der Waals surface area contributed by atoms with Gasteiger partial charge in [-0.25, -0.2) is 0 Å². The van der Waals surface area contributed by atoms with Crippen molar-refractivity contribution in [3.63, 3.8) is 0 Å². The van der Waals surface area contributed by atoms with E-state index in [0.29, 0.717) is 10.9 Å². The first-order chi connectivity index (χ1) is 8.94. The highest BCUT2D eigenvalue weighted by molar-refractivity contribution is 8.14. The maximum absolute atomic E-state index is 12.2. The summed E-state index contributed by atoms with van der Waals surface area (Å²) >= 11 is 1.42. The number of benzene rings is 1. The van der Waals surface area contributed by atoms with Crippen LogP contribution in [0, 0.1) is 0 Å². The van der Waals surface area contributed by atoms with E-state index in [1.54, 1.807) is 12.1 Å². The summed E-state index contributed by atoms with van der Waals surface area (Å²) in [5, 5.41) is 3.52. The molecule has 1 aliphatic heterocycles. The van der Waals surface area contributed by atoms with Crippen LogP contribution < -0.4 is 10.2 Å². The Labute approximate surface area is 118 Å². The molecule has 0 saturated carbocycles. The van der Waals surface area contributed by atoms with Gasteiger partial charge < -0.3 is 10.2 Å². The molecule has 104 valence electrons. The van der Waals surface area contributed by atoms with Crippen molar-refractivity contribution in [1.82, 2.24) is 0 Å². The Morgan fingerprint density at radius 3 is 2.74 bits per heavy atom. The van der Waals surface area contributed by atoms with E-state index in [2.05, 4.69) is 9.71 Å². The van der Waals surface area contributed by atoms with Crippen molar-refractivity contribution in [2.24, 2.45) is 4.40 Å². The van der Waals surface area contributed by atoms with Crippen LogP contribution in [0.2, 0.25) is 0 Å². The molecule has 0 unspecified atom stereocenters. The third-order valence-electron chi connectivity index (χ3n) is 2.65. The van der Waals surface area contributed by atoms with Gasteiger partial charge in [-0.2, -0.15) is 8.42 Å². The second kappa shape index (κ2) is 5.42. The molecule has 0 atom stereocenters. The fourth-order valence-corrected chi connectivity index (χ4v) is 3.78. The summed E-state index contributed by atoms with van der Waals surface area (Å²) in [5.74, 6) is 0.840. The fraction of sp³-hybridized carbons (Fsp3) is 0.417. The topological polar surface area (TPSA) is 61.8 Å². The highest BCUT2D eigenvalue weighted by Crippen LogP contribution is 2.32. The van der Waals surface area contributed by atoms with Gasteiger partial charge in [0.25, 0.3) is 10.0 Å². The molecule has 0 saturated heterocycles. The lowest BCUT2D eigenvalue weighted by Gasteiger charge is -2.20. The maximum Gasteiger partial charge on any atom is 0.286 e. The van der Waals surface area contributed by atoms with Crippen molar-refractivity contribution >= 4 is 38.3 Å². The molecule has 7 heteroatoms. The molecule has 1 aliphatic rings. The molecule has 19 heavy (non-hydrogen) atoms. The number of amidine groups is 1. The predicted molar refractivity (Wildman–Crippen MR) is 81.8 cm³/mol. The Balaban J connectivity index is 2.40. The molecule has 2 rings (SSSR count). The van der Waals surface area contributed by atoms with Gasteiger partial charge in [0.15, 0.2) is 5.17 Å². The van der Waals surface area contributed by atoms with Crippen LogP contribution in [-0.2, 0) is 10.0 Å².